The second-order valence-electron chi connectivity index (χ2n) is 3.46. The van der Waals surface area contributed by atoms with Gasteiger partial charge in [-0.2, -0.15) is 0 Å². The number of nitrogens with zero attached hydrogens (tertiary/aromatic N) is 1. The molecule has 0 N–H and O–H groups in total. The molecule has 0 amide bonds. The molecule has 2 rings (SSSR count). The maximum Gasteiger partial charge on any atom is 0.148 e. The average Bonchev–Trinajstić information content (AvgIpc) is 2.25. The van der Waals surface area contributed by atoms with Crippen LogP contribution in [0.4, 0.5) is 0 Å². The summed E-state index contributed by atoms with van der Waals surface area (Å²) in [6.07, 6.45) is 0. The first-order chi connectivity index (χ1) is 7.58. The van der Waals surface area contributed by atoms with Crippen LogP contribution in [0.2, 0.25) is 15.2 Å². The maximum atomic E-state index is 6.07. The van der Waals surface area contributed by atoms with E-state index in [1.807, 2.05) is 31.2 Å². The number of hydrogen-bond acceptors (Lipinski definition) is 1. The van der Waals surface area contributed by atoms with Gasteiger partial charge in [0.05, 0.1) is 15.7 Å². The first kappa shape index (κ1) is 11.7. The topological polar surface area (TPSA) is 12.9 Å². The summed E-state index contributed by atoms with van der Waals surface area (Å²) in [6.45, 7) is 2.02. The molecule has 0 aliphatic rings. The van der Waals surface area contributed by atoms with Gasteiger partial charge in [0.2, 0.25) is 0 Å². The normalized spacial score (nSPS) is 10.5. The van der Waals surface area contributed by atoms with Gasteiger partial charge in [0, 0.05) is 5.56 Å². The van der Waals surface area contributed by atoms with Crippen LogP contribution in [0.5, 0.6) is 0 Å². The minimum atomic E-state index is 0.265. The van der Waals surface area contributed by atoms with E-state index < -0.39 is 0 Å². The van der Waals surface area contributed by atoms with Crippen LogP contribution in [0.15, 0.2) is 30.3 Å². The van der Waals surface area contributed by atoms with Crippen LogP contribution in [-0.4, -0.2) is 4.98 Å². The van der Waals surface area contributed by atoms with E-state index in [4.69, 9.17) is 34.8 Å². The highest BCUT2D eigenvalue weighted by atomic mass is 35.5. The standard InChI is InChI=1S/C12H8Cl3N/c1-7-2-4-8(5-3-7)11-9(13)6-10(14)12(15)16-11/h2-6H,1H3. The molecular formula is C12H8Cl3N. The van der Waals surface area contributed by atoms with Crippen molar-refractivity contribution >= 4 is 34.8 Å². The predicted octanol–water partition coefficient (Wildman–Crippen LogP) is 5.02. The molecule has 1 aromatic heterocycles. The summed E-state index contributed by atoms with van der Waals surface area (Å²) in [7, 11) is 0. The lowest BCUT2D eigenvalue weighted by Gasteiger charge is -2.05. The van der Waals surface area contributed by atoms with Crippen molar-refractivity contribution in [3.05, 3.63) is 51.1 Å². The molecule has 0 aliphatic heterocycles. The highest BCUT2D eigenvalue weighted by molar-refractivity contribution is 6.42. The fraction of sp³-hybridized carbons (Fsp3) is 0.0833. The zero-order valence-electron chi connectivity index (χ0n) is 8.47. The second kappa shape index (κ2) is 4.62. The summed E-state index contributed by atoms with van der Waals surface area (Å²) in [5.41, 5.74) is 2.75. The predicted molar refractivity (Wildman–Crippen MR) is 69.4 cm³/mol. The van der Waals surface area contributed by atoms with Crippen molar-refractivity contribution in [3.8, 4) is 11.3 Å². The van der Waals surface area contributed by atoms with E-state index in [0.717, 1.165) is 5.56 Å². The number of halogens is 3. The Morgan fingerprint density at radius 1 is 0.938 bits per heavy atom. The minimum Gasteiger partial charge on any atom is -0.233 e. The molecule has 0 unspecified atom stereocenters. The molecule has 0 saturated carbocycles. The highest BCUT2D eigenvalue weighted by Crippen LogP contribution is 2.32. The van der Waals surface area contributed by atoms with E-state index in [2.05, 4.69) is 4.98 Å². The van der Waals surface area contributed by atoms with Crippen LogP contribution < -0.4 is 0 Å². The van der Waals surface area contributed by atoms with Crippen LogP contribution in [-0.2, 0) is 0 Å². The third-order valence-corrected chi connectivity index (χ3v) is 3.17. The number of hydrogen-bond donors (Lipinski definition) is 0. The smallest absolute Gasteiger partial charge is 0.148 e. The number of rotatable bonds is 1. The van der Waals surface area contributed by atoms with Crippen molar-refractivity contribution in [1.29, 1.82) is 0 Å². The third-order valence-electron chi connectivity index (χ3n) is 2.21. The van der Waals surface area contributed by atoms with Crippen LogP contribution in [0, 0.1) is 6.92 Å². The van der Waals surface area contributed by atoms with Gasteiger partial charge in [-0.25, -0.2) is 4.98 Å². The van der Waals surface area contributed by atoms with Crippen molar-refractivity contribution in [2.24, 2.45) is 0 Å². The lowest BCUT2D eigenvalue weighted by Crippen LogP contribution is -1.87. The fourth-order valence-electron chi connectivity index (χ4n) is 1.36. The van der Waals surface area contributed by atoms with Crippen molar-refractivity contribution in [3.63, 3.8) is 0 Å². The van der Waals surface area contributed by atoms with Crippen LogP contribution in [0.25, 0.3) is 11.3 Å². The largest absolute Gasteiger partial charge is 0.233 e. The average molecular weight is 273 g/mol. The minimum absolute atomic E-state index is 0.265. The van der Waals surface area contributed by atoms with E-state index in [0.29, 0.717) is 15.7 Å². The second-order valence-corrected chi connectivity index (χ2v) is 4.63. The SMILES string of the molecule is Cc1ccc(-c2nc(Cl)c(Cl)cc2Cl)cc1. The molecule has 0 fully saturated rings. The molecule has 1 aromatic carbocycles. The quantitative estimate of drug-likeness (QED) is 0.664. The lowest BCUT2D eigenvalue weighted by atomic mass is 10.1. The fourth-order valence-corrected chi connectivity index (χ4v) is 1.96. The summed E-state index contributed by atoms with van der Waals surface area (Å²) in [4.78, 5) is 4.17. The van der Waals surface area contributed by atoms with Crippen molar-refractivity contribution in [1.82, 2.24) is 4.98 Å². The summed E-state index contributed by atoms with van der Waals surface area (Å²) in [5.74, 6) is 0. The van der Waals surface area contributed by atoms with Gasteiger partial charge >= 0.3 is 0 Å². The summed E-state index contributed by atoms with van der Waals surface area (Å²) < 4.78 is 0. The van der Waals surface area contributed by atoms with Crippen LogP contribution >= 0.6 is 34.8 Å². The monoisotopic (exact) mass is 271 g/mol. The molecular weight excluding hydrogens is 264 g/mol. The number of aromatic nitrogens is 1. The maximum absolute atomic E-state index is 6.07. The van der Waals surface area contributed by atoms with Gasteiger partial charge < -0.3 is 0 Å². The Hall–Kier alpha value is -0.760. The van der Waals surface area contributed by atoms with Crippen molar-refractivity contribution in [2.75, 3.05) is 0 Å². The molecule has 0 saturated heterocycles. The summed E-state index contributed by atoms with van der Waals surface area (Å²) in [6, 6.07) is 9.50. The van der Waals surface area contributed by atoms with E-state index in [1.54, 1.807) is 6.07 Å². The van der Waals surface area contributed by atoms with Crippen LogP contribution in [0.1, 0.15) is 5.56 Å². The molecule has 16 heavy (non-hydrogen) atoms. The Morgan fingerprint density at radius 3 is 2.19 bits per heavy atom. The third kappa shape index (κ3) is 2.32. The molecule has 82 valence electrons. The lowest BCUT2D eigenvalue weighted by molar-refractivity contribution is 1.32. The van der Waals surface area contributed by atoms with Gasteiger partial charge in [0.25, 0.3) is 0 Å². The Bertz CT molecular complexity index is 521. The van der Waals surface area contributed by atoms with E-state index >= 15 is 0 Å². The Kier molecular flexibility index (Phi) is 3.38. The van der Waals surface area contributed by atoms with Crippen molar-refractivity contribution < 1.29 is 0 Å². The zero-order chi connectivity index (χ0) is 11.7. The molecule has 0 spiro atoms. The molecule has 0 radical (unpaired) electrons. The zero-order valence-corrected chi connectivity index (χ0v) is 10.7. The molecule has 2 aromatic rings. The number of benzene rings is 1. The Balaban J connectivity index is 2.56. The number of aryl methyl sites for hydroxylation is 1. The molecule has 0 bridgehead atoms. The van der Waals surface area contributed by atoms with E-state index in [9.17, 15) is 0 Å². The molecule has 1 heterocycles. The highest BCUT2D eigenvalue weighted by Gasteiger charge is 2.09. The number of pyridine rings is 1. The van der Waals surface area contributed by atoms with Gasteiger partial charge in [0.1, 0.15) is 5.15 Å². The van der Waals surface area contributed by atoms with Crippen LogP contribution in [0.3, 0.4) is 0 Å². The van der Waals surface area contributed by atoms with Gasteiger partial charge in [0.15, 0.2) is 0 Å². The Morgan fingerprint density at radius 2 is 1.56 bits per heavy atom. The molecule has 0 atom stereocenters. The van der Waals surface area contributed by atoms with Gasteiger partial charge in [-0.3, -0.25) is 0 Å². The van der Waals surface area contributed by atoms with Gasteiger partial charge in [-0.05, 0) is 13.0 Å². The Labute approximate surface area is 109 Å². The first-order valence-electron chi connectivity index (χ1n) is 4.66. The van der Waals surface area contributed by atoms with E-state index in [1.165, 1.54) is 5.56 Å². The van der Waals surface area contributed by atoms with Gasteiger partial charge in [-0.15, -0.1) is 0 Å². The molecule has 1 nitrogen and oxygen atoms in total. The molecule has 4 heteroatoms. The summed E-state index contributed by atoms with van der Waals surface area (Å²) in [5, 5.41) is 1.13. The van der Waals surface area contributed by atoms with Gasteiger partial charge in [-0.1, -0.05) is 64.6 Å². The summed E-state index contributed by atoms with van der Waals surface area (Å²) >= 11 is 17.8. The first-order valence-corrected chi connectivity index (χ1v) is 5.80. The molecule has 0 aliphatic carbocycles. The van der Waals surface area contributed by atoms with Crippen molar-refractivity contribution in [2.45, 2.75) is 6.92 Å². The van der Waals surface area contributed by atoms with E-state index in [-0.39, 0.29) is 5.15 Å².